The van der Waals surface area contributed by atoms with Gasteiger partial charge in [0.15, 0.2) is 0 Å². The number of hydrogen-bond acceptors (Lipinski definition) is 2. The minimum absolute atomic E-state index is 0.726. The standard InChI is InChI=1S/C14H14O2/c1-16-14(15,12-8-4-2-5-9-12)13-10-6-3-7-11-13/h2-11,15H,1H3. The number of ether oxygens (including phenoxy) is 1. The molecule has 0 aromatic heterocycles. The molecule has 0 unspecified atom stereocenters. The van der Waals surface area contributed by atoms with E-state index in [0.29, 0.717) is 0 Å². The second-order valence-corrected chi connectivity index (χ2v) is 3.58. The molecule has 0 saturated heterocycles. The summed E-state index contributed by atoms with van der Waals surface area (Å²) in [6, 6.07) is 18.7. The summed E-state index contributed by atoms with van der Waals surface area (Å²) in [5.41, 5.74) is 1.45. The van der Waals surface area contributed by atoms with E-state index in [-0.39, 0.29) is 0 Å². The molecule has 1 N–H and O–H groups in total. The first-order valence-electron chi connectivity index (χ1n) is 5.16. The molecule has 2 nitrogen and oxygen atoms in total. The Bertz CT molecular complexity index is 397. The number of benzene rings is 2. The van der Waals surface area contributed by atoms with Crippen LogP contribution in [-0.2, 0) is 10.5 Å². The molecular formula is C14H14O2. The normalized spacial score (nSPS) is 11.4. The van der Waals surface area contributed by atoms with E-state index in [2.05, 4.69) is 0 Å². The lowest BCUT2D eigenvalue weighted by Gasteiger charge is -2.27. The van der Waals surface area contributed by atoms with E-state index in [0.717, 1.165) is 11.1 Å². The Hall–Kier alpha value is -1.64. The van der Waals surface area contributed by atoms with Crippen molar-refractivity contribution in [3.63, 3.8) is 0 Å². The lowest BCUT2D eigenvalue weighted by molar-refractivity contribution is -0.159. The average Bonchev–Trinajstić information content (AvgIpc) is 2.40. The SMILES string of the molecule is COC(O)(c1ccccc1)c1ccccc1. The fourth-order valence-corrected chi connectivity index (χ4v) is 1.73. The molecule has 0 aliphatic heterocycles. The van der Waals surface area contributed by atoms with E-state index in [9.17, 15) is 5.11 Å². The van der Waals surface area contributed by atoms with Crippen molar-refractivity contribution in [2.24, 2.45) is 0 Å². The van der Waals surface area contributed by atoms with Crippen LogP contribution >= 0.6 is 0 Å². The Labute approximate surface area is 95.1 Å². The third-order valence-corrected chi connectivity index (χ3v) is 2.63. The van der Waals surface area contributed by atoms with Crippen molar-refractivity contribution in [1.82, 2.24) is 0 Å². The van der Waals surface area contributed by atoms with Crippen molar-refractivity contribution >= 4 is 0 Å². The van der Waals surface area contributed by atoms with Gasteiger partial charge in [0.2, 0.25) is 5.79 Å². The summed E-state index contributed by atoms with van der Waals surface area (Å²) < 4.78 is 5.27. The molecular weight excluding hydrogens is 200 g/mol. The first-order valence-corrected chi connectivity index (χ1v) is 5.16. The first kappa shape index (κ1) is 10.9. The molecule has 0 amide bonds. The predicted molar refractivity (Wildman–Crippen MR) is 62.9 cm³/mol. The van der Waals surface area contributed by atoms with Crippen molar-refractivity contribution < 1.29 is 9.84 Å². The monoisotopic (exact) mass is 214 g/mol. The molecule has 0 aliphatic carbocycles. The smallest absolute Gasteiger partial charge is 0.219 e. The van der Waals surface area contributed by atoms with Crippen LogP contribution in [-0.4, -0.2) is 12.2 Å². The molecule has 0 atom stereocenters. The summed E-state index contributed by atoms with van der Waals surface area (Å²) in [5, 5.41) is 10.5. The maximum atomic E-state index is 10.5. The van der Waals surface area contributed by atoms with Gasteiger partial charge in [-0.1, -0.05) is 60.7 Å². The average molecular weight is 214 g/mol. The van der Waals surface area contributed by atoms with Crippen LogP contribution in [0.2, 0.25) is 0 Å². The summed E-state index contributed by atoms with van der Waals surface area (Å²) in [6.07, 6.45) is 0. The number of hydrogen-bond donors (Lipinski definition) is 1. The molecule has 0 spiro atoms. The van der Waals surface area contributed by atoms with Crippen LogP contribution < -0.4 is 0 Å². The van der Waals surface area contributed by atoms with Gasteiger partial charge in [-0.3, -0.25) is 0 Å². The Kier molecular flexibility index (Phi) is 3.04. The van der Waals surface area contributed by atoms with E-state index in [1.807, 2.05) is 60.7 Å². The molecule has 0 heterocycles. The van der Waals surface area contributed by atoms with Crippen LogP contribution in [0.1, 0.15) is 11.1 Å². The molecule has 0 aliphatic rings. The lowest BCUT2D eigenvalue weighted by atomic mass is 9.97. The molecule has 0 bridgehead atoms. The molecule has 2 aromatic rings. The van der Waals surface area contributed by atoms with E-state index < -0.39 is 5.79 Å². The van der Waals surface area contributed by atoms with E-state index >= 15 is 0 Å². The van der Waals surface area contributed by atoms with Crippen molar-refractivity contribution in [1.29, 1.82) is 0 Å². The highest BCUT2D eigenvalue weighted by molar-refractivity contribution is 5.32. The molecule has 0 saturated carbocycles. The van der Waals surface area contributed by atoms with Crippen molar-refractivity contribution in [3.8, 4) is 0 Å². The highest BCUT2D eigenvalue weighted by Gasteiger charge is 2.30. The third-order valence-electron chi connectivity index (χ3n) is 2.63. The van der Waals surface area contributed by atoms with Crippen LogP contribution in [0.5, 0.6) is 0 Å². The van der Waals surface area contributed by atoms with E-state index in [1.54, 1.807) is 0 Å². The van der Waals surface area contributed by atoms with Gasteiger partial charge in [0.25, 0.3) is 0 Å². The van der Waals surface area contributed by atoms with Gasteiger partial charge in [0, 0.05) is 18.2 Å². The van der Waals surface area contributed by atoms with E-state index in [1.165, 1.54) is 7.11 Å². The predicted octanol–water partition coefficient (Wildman–Crippen LogP) is 2.53. The zero-order valence-corrected chi connectivity index (χ0v) is 9.13. The Morgan fingerprint density at radius 2 is 1.19 bits per heavy atom. The molecule has 16 heavy (non-hydrogen) atoms. The van der Waals surface area contributed by atoms with Gasteiger partial charge in [-0.15, -0.1) is 0 Å². The Morgan fingerprint density at radius 1 is 0.812 bits per heavy atom. The highest BCUT2D eigenvalue weighted by atomic mass is 16.6. The van der Waals surface area contributed by atoms with E-state index in [4.69, 9.17) is 4.74 Å². The molecule has 82 valence electrons. The van der Waals surface area contributed by atoms with Gasteiger partial charge in [-0.25, -0.2) is 0 Å². The van der Waals surface area contributed by atoms with Crippen LogP contribution in [0.3, 0.4) is 0 Å². The topological polar surface area (TPSA) is 29.5 Å². The highest BCUT2D eigenvalue weighted by Crippen LogP contribution is 2.29. The summed E-state index contributed by atoms with van der Waals surface area (Å²) in [5.74, 6) is -1.37. The fraction of sp³-hybridized carbons (Fsp3) is 0.143. The van der Waals surface area contributed by atoms with Crippen molar-refractivity contribution in [3.05, 3.63) is 71.8 Å². The first-order chi connectivity index (χ1) is 7.77. The molecule has 2 heteroatoms. The summed E-state index contributed by atoms with van der Waals surface area (Å²) in [4.78, 5) is 0. The van der Waals surface area contributed by atoms with Gasteiger partial charge in [-0.2, -0.15) is 0 Å². The molecule has 0 radical (unpaired) electrons. The second kappa shape index (κ2) is 4.47. The van der Waals surface area contributed by atoms with Crippen molar-refractivity contribution in [2.45, 2.75) is 5.79 Å². The quantitative estimate of drug-likeness (QED) is 0.795. The maximum Gasteiger partial charge on any atom is 0.219 e. The zero-order chi connectivity index (χ0) is 11.4. The largest absolute Gasteiger partial charge is 0.358 e. The van der Waals surface area contributed by atoms with Gasteiger partial charge in [-0.05, 0) is 0 Å². The number of rotatable bonds is 3. The Balaban J connectivity index is 2.49. The van der Waals surface area contributed by atoms with Crippen LogP contribution in [0.15, 0.2) is 60.7 Å². The minimum Gasteiger partial charge on any atom is -0.358 e. The maximum absolute atomic E-state index is 10.5. The summed E-state index contributed by atoms with van der Waals surface area (Å²) in [6.45, 7) is 0. The third kappa shape index (κ3) is 1.85. The van der Waals surface area contributed by atoms with Gasteiger partial charge >= 0.3 is 0 Å². The Morgan fingerprint density at radius 3 is 1.50 bits per heavy atom. The van der Waals surface area contributed by atoms with Crippen LogP contribution in [0, 0.1) is 0 Å². The second-order valence-electron chi connectivity index (χ2n) is 3.58. The van der Waals surface area contributed by atoms with Gasteiger partial charge in [0.1, 0.15) is 0 Å². The minimum atomic E-state index is -1.37. The van der Waals surface area contributed by atoms with Crippen LogP contribution in [0.25, 0.3) is 0 Å². The lowest BCUT2D eigenvalue weighted by Crippen LogP contribution is -2.29. The van der Waals surface area contributed by atoms with Crippen LogP contribution in [0.4, 0.5) is 0 Å². The summed E-state index contributed by atoms with van der Waals surface area (Å²) in [7, 11) is 1.50. The fourth-order valence-electron chi connectivity index (χ4n) is 1.73. The zero-order valence-electron chi connectivity index (χ0n) is 9.13. The molecule has 0 fully saturated rings. The van der Waals surface area contributed by atoms with Gasteiger partial charge in [0.05, 0.1) is 0 Å². The molecule has 2 rings (SSSR count). The van der Waals surface area contributed by atoms with Crippen molar-refractivity contribution in [2.75, 3.05) is 7.11 Å². The number of methoxy groups -OCH3 is 1. The van der Waals surface area contributed by atoms with Gasteiger partial charge < -0.3 is 9.84 Å². The number of aliphatic hydroxyl groups is 1. The summed E-state index contributed by atoms with van der Waals surface area (Å²) >= 11 is 0. The molecule has 2 aromatic carbocycles.